The molecule has 2 rings (SSSR count). The summed E-state index contributed by atoms with van der Waals surface area (Å²) in [5.74, 6) is 0.162. The molecule has 0 aromatic carbocycles. The third-order valence-corrected chi connectivity index (χ3v) is 3.48. The number of carbonyl (C=O) groups excluding carboxylic acids is 1. The molecule has 0 bridgehead atoms. The van der Waals surface area contributed by atoms with Gasteiger partial charge in [0, 0.05) is 5.92 Å². The van der Waals surface area contributed by atoms with Gasteiger partial charge in [0.15, 0.2) is 5.13 Å². The molecule has 1 aliphatic carbocycles. The van der Waals surface area contributed by atoms with Gasteiger partial charge >= 0.3 is 0 Å². The molecule has 74 valence electrons. The Labute approximate surface area is 94.4 Å². The Morgan fingerprint density at radius 3 is 2.86 bits per heavy atom. The van der Waals surface area contributed by atoms with E-state index in [0.717, 1.165) is 16.6 Å². The van der Waals surface area contributed by atoms with E-state index in [-0.39, 0.29) is 11.8 Å². The van der Waals surface area contributed by atoms with Crippen LogP contribution in [-0.2, 0) is 4.79 Å². The van der Waals surface area contributed by atoms with Gasteiger partial charge in [0.25, 0.3) is 0 Å². The summed E-state index contributed by atoms with van der Waals surface area (Å²) in [5, 5.41) is 3.46. The van der Waals surface area contributed by atoms with Gasteiger partial charge in [0.2, 0.25) is 5.91 Å². The van der Waals surface area contributed by atoms with Gasteiger partial charge in [-0.25, -0.2) is 4.98 Å². The Morgan fingerprint density at radius 2 is 2.29 bits per heavy atom. The second-order valence-corrected chi connectivity index (χ2v) is 5.51. The third-order valence-electron chi connectivity index (χ3n) is 2.09. The second-order valence-electron chi connectivity index (χ2n) is 3.10. The lowest BCUT2D eigenvalue weighted by Crippen LogP contribution is -2.20. The highest BCUT2D eigenvalue weighted by Crippen LogP contribution is 2.25. The van der Waals surface area contributed by atoms with Gasteiger partial charge in [-0.1, -0.05) is 23.5 Å². The van der Waals surface area contributed by atoms with Crippen molar-refractivity contribution in [1.29, 1.82) is 0 Å². The number of amides is 1. The molecule has 1 N–H and O–H groups in total. The molecule has 1 aromatic rings. The van der Waals surface area contributed by atoms with Crippen molar-refractivity contribution in [2.24, 2.45) is 5.92 Å². The van der Waals surface area contributed by atoms with Crippen molar-refractivity contribution >= 4 is 38.3 Å². The zero-order chi connectivity index (χ0) is 9.97. The van der Waals surface area contributed by atoms with Crippen molar-refractivity contribution in [3.05, 3.63) is 22.1 Å². The summed E-state index contributed by atoms with van der Waals surface area (Å²) >= 11 is 4.73. The molecule has 0 radical (unpaired) electrons. The molecule has 0 unspecified atom stereocenters. The van der Waals surface area contributed by atoms with Crippen LogP contribution in [-0.4, -0.2) is 10.9 Å². The number of nitrogens with one attached hydrogen (secondary N) is 1. The van der Waals surface area contributed by atoms with Gasteiger partial charge in [-0.05, 0) is 28.8 Å². The average molecular weight is 273 g/mol. The number of hydrogen-bond donors (Lipinski definition) is 1. The first kappa shape index (κ1) is 9.86. The molecule has 0 aliphatic heterocycles. The topological polar surface area (TPSA) is 42.0 Å². The van der Waals surface area contributed by atoms with Crippen molar-refractivity contribution < 1.29 is 4.79 Å². The summed E-state index contributed by atoms with van der Waals surface area (Å²) in [6.45, 7) is 0. The van der Waals surface area contributed by atoms with E-state index in [9.17, 15) is 4.79 Å². The van der Waals surface area contributed by atoms with E-state index in [1.165, 1.54) is 11.3 Å². The minimum Gasteiger partial charge on any atom is -0.302 e. The molecule has 0 spiro atoms. The Bertz CT molecular complexity index is 367. The van der Waals surface area contributed by atoms with Crippen molar-refractivity contribution in [3.63, 3.8) is 0 Å². The van der Waals surface area contributed by atoms with Crippen LogP contribution < -0.4 is 5.32 Å². The lowest BCUT2D eigenvalue weighted by molar-refractivity contribution is -0.119. The van der Waals surface area contributed by atoms with Crippen LogP contribution in [0.3, 0.4) is 0 Å². The fourth-order valence-electron chi connectivity index (χ4n) is 1.35. The van der Waals surface area contributed by atoms with Crippen LogP contribution in [0.1, 0.15) is 12.8 Å². The maximum Gasteiger partial charge on any atom is 0.229 e. The van der Waals surface area contributed by atoms with Gasteiger partial charge in [0.1, 0.15) is 0 Å². The molecule has 0 fully saturated rings. The van der Waals surface area contributed by atoms with Gasteiger partial charge in [-0.3, -0.25) is 4.79 Å². The zero-order valence-corrected chi connectivity index (χ0v) is 9.77. The van der Waals surface area contributed by atoms with E-state index >= 15 is 0 Å². The van der Waals surface area contributed by atoms with Crippen LogP contribution in [0.5, 0.6) is 0 Å². The van der Waals surface area contributed by atoms with E-state index in [0.29, 0.717) is 5.13 Å². The van der Waals surface area contributed by atoms with Crippen LogP contribution in [0.15, 0.2) is 22.1 Å². The fraction of sp³-hybridized carbons (Fsp3) is 0.333. The van der Waals surface area contributed by atoms with Gasteiger partial charge in [0.05, 0.1) is 9.98 Å². The largest absolute Gasteiger partial charge is 0.302 e. The minimum atomic E-state index is 0.0665. The maximum atomic E-state index is 11.6. The summed E-state index contributed by atoms with van der Waals surface area (Å²) in [6, 6.07) is 0. The van der Waals surface area contributed by atoms with Crippen molar-refractivity contribution in [2.75, 3.05) is 5.32 Å². The van der Waals surface area contributed by atoms with Crippen molar-refractivity contribution in [2.45, 2.75) is 12.8 Å². The molecule has 1 amide bonds. The normalized spacial score (nSPS) is 16.1. The van der Waals surface area contributed by atoms with Crippen LogP contribution in [0, 0.1) is 5.92 Å². The van der Waals surface area contributed by atoms with E-state index < -0.39 is 0 Å². The Hall–Kier alpha value is -0.680. The highest BCUT2D eigenvalue weighted by atomic mass is 79.9. The quantitative estimate of drug-likeness (QED) is 0.842. The van der Waals surface area contributed by atoms with E-state index in [1.807, 2.05) is 12.2 Å². The number of nitrogens with zero attached hydrogens (tertiary/aromatic N) is 1. The van der Waals surface area contributed by atoms with Crippen molar-refractivity contribution in [1.82, 2.24) is 4.98 Å². The smallest absolute Gasteiger partial charge is 0.229 e. The first-order chi connectivity index (χ1) is 6.75. The third kappa shape index (κ3) is 2.22. The Kier molecular flexibility index (Phi) is 2.98. The molecule has 1 aromatic heterocycles. The second kappa shape index (κ2) is 4.23. The number of carbonyl (C=O) groups is 1. The number of halogens is 1. The van der Waals surface area contributed by atoms with Crippen molar-refractivity contribution in [3.8, 4) is 0 Å². The van der Waals surface area contributed by atoms with Crippen LogP contribution >= 0.6 is 27.3 Å². The van der Waals surface area contributed by atoms with Gasteiger partial charge < -0.3 is 5.32 Å². The lowest BCUT2D eigenvalue weighted by Gasteiger charge is -2.07. The SMILES string of the molecule is O=C(Nc1ncc(Br)s1)C1CC=CC1. The molecule has 0 atom stereocenters. The minimum absolute atomic E-state index is 0.0665. The number of aromatic nitrogens is 1. The number of hydrogen-bond acceptors (Lipinski definition) is 3. The highest BCUT2D eigenvalue weighted by Gasteiger charge is 2.19. The molecule has 14 heavy (non-hydrogen) atoms. The molecule has 3 nitrogen and oxygen atoms in total. The van der Waals surface area contributed by atoms with E-state index in [1.54, 1.807) is 6.20 Å². The lowest BCUT2D eigenvalue weighted by atomic mass is 10.1. The summed E-state index contributed by atoms with van der Waals surface area (Å²) < 4.78 is 0.928. The summed E-state index contributed by atoms with van der Waals surface area (Å²) in [4.78, 5) is 15.7. The average Bonchev–Trinajstić information content (AvgIpc) is 2.75. The molecule has 0 saturated heterocycles. The predicted octanol–water partition coefficient (Wildman–Crippen LogP) is 2.81. The van der Waals surface area contributed by atoms with E-state index in [2.05, 4.69) is 26.2 Å². The fourth-order valence-corrected chi connectivity index (χ4v) is 2.46. The number of allylic oxidation sites excluding steroid dienone is 2. The van der Waals surface area contributed by atoms with Gasteiger partial charge in [-0.2, -0.15) is 0 Å². The standard InChI is InChI=1S/C9H9BrN2OS/c10-7-5-11-9(14-7)12-8(13)6-3-1-2-4-6/h1-2,5-6H,3-4H2,(H,11,12,13). The summed E-state index contributed by atoms with van der Waals surface area (Å²) in [7, 11) is 0. The molecule has 1 heterocycles. The zero-order valence-electron chi connectivity index (χ0n) is 7.37. The molecule has 5 heteroatoms. The molecule has 1 aliphatic rings. The maximum absolute atomic E-state index is 11.6. The number of rotatable bonds is 2. The van der Waals surface area contributed by atoms with Crippen LogP contribution in [0.25, 0.3) is 0 Å². The Balaban J connectivity index is 1.94. The number of thiazole rings is 1. The Morgan fingerprint density at radius 1 is 1.57 bits per heavy atom. The first-order valence-corrected chi connectivity index (χ1v) is 5.94. The van der Waals surface area contributed by atoms with Crippen LogP contribution in [0.4, 0.5) is 5.13 Å². The summed E-state index contributed by atoms with van der Waals surface area (Å²) in [6.07, 6.45) is 7.47. The monoisotopic (exact) mass is 272 g/mol. The van der Waals surface area contributed by atoms with Gasteiger partial charge in [-0.15, -0.1) is 0 Å². The first-order valence-electron chi connectivity index (χ1n) is 4.33. The highest BCUT2D eigenvalue weighted by molar-refractivity contribution is 9.11. The number of anilines is 1. The van der Waals surface area contributed by atoms with Crippen LogP contribution in [0.2, 0.25) is 0 Å². The summed E-state index contributed by atoms with van der Waals surface area (Å²) in [5.41, 5.74) is 0. The van der Waals surface area contributed by atoms with E-state index in [4.69, 9.17) is 0 Å². The predicted molar refractivity (Wildman–Crippen MR) is 60.3 cm³/mol. The molecule has 0 saturated carbocycles. The molecular weight excluding hydrogens is 264 g/mol. The molecular formula is C9H9BrN2OS.